The van der Waals surface area contributed by atoms with E-state index in [-0.39, 0.29) is 6.10 Å². The second kappa shape index (κ2) is 6.52. The first-order chi connectivity index (χ1) is 10.0. The molecule has 21 heavy (non-hydrogen) atoms. The summed E-state index contributed by atoms with van der Waals surface area (Å²) in [4.78, 5) is 0. The minimum absolute atomic E-state index is 0.141. The molecular formula is C16H23N3O2. The van der Waals surface area contributed by atoms with E-state index in [1.807, 2.05) is 52.1 Å². The molecule has 0 atom stereocenters. The van der Waals surface area contributed by atoms with Gasteiger partial charge < -0.3 is 14.8 Å². The molecule has 0 aliphatic carbocycles. The van der Waals surface area contributed by atoms with Gasteiger partial charge in [-0.25, -0.2) is 4.68 Å². The summed E-state index contributed by atoms with van der Waals surface area (Å²) >= 11 is 0. The molecule has 1 aromatic carbocycles. The maximum absolute atomic E-state index is 5.81. The van der Waals surface area contributed by atoms with E-state index in [1.54, 1.807) is 11.8 Å². The third-order valence-electron chi connectivity index (χ3n) is 3.19. The monoisotopic (exact) mass is 289 g/mol. The first-order valence-electron chi connectivity index (χ1n) is 7.09. The van der Waals surface area contributed by atoms with Crippen LogP contribution in [0.4, 0.5) is 5.69 Å². The molecule has 1 N–H and O–H groups in total. The number of nitrogens with one attached hydrogen (secondary N) is 1. The number of ether oxygens (including phenoxy) is 2. The molecule has 0 fully saturated rings. The van der Waals surface area contributed by atoms with E-state index in [1.165, 1.54) is 0 Å². The van der Waals surface area contributed by atoms with Crippen LogP contribution in [0.1, 0.15) is 25.1 Å². The summed E-state index contributed by atoms with van der Waals surface area (Å²) in [6, 6.07) is 7.94. The molecule has 1 aromatic heterocycles. The molecule has 114 valence electrons. The molecule has 0 bridgehead atoms. The maximum Gasteiger partial charge on any atom is 0.216 e. The molecule has 5 heteroatoms. The van der Waals surface area contributed by atoms with E-state index in [9.17, 15) is 0 Å². The minimum Gasteiger partial charge on any atom is -0.489 e. The normalized spacial score (nSPS) is 10.8. The number of methoxy groups -OCH3 is 1. The Bertz CT molecular complexity index is 606. The van der Waals surface area contributed by atoms with Crippen molar-refractivity contribution >= 4 is 5.69 Å². The maximum atomic E-state index is 5.81. The largest absolute Gasteiger partial charge is 0.489 e. The van der Waals surface area contributed by atoms with Crippen molar-refractivity contribution in [3.05, 3.63) is 35.5 Å². The van der Waals surface area contributed by atoms with E-state index in [4.69, 9.17) is 9.47 Å². The number of hydrogen-bond acceptors (Lipinski definition) is 4. The summed E-state index contributed by atoms with van der Waals surface area (Å²) in [7, 11) is 3.54. The molecule has 5 nitrogen and oxygen atoms in total. The topological polar surface area (TPSA) is 48.3 Å². The van der Waals surface area contributed by atoms with E-state index in [0.717, 1.165) is 28.6 Å². The van der Waals surface area contributed by atoms with Crippen LogP contribution in [0.5, 0.6) is 11.6 Å². The number of benzene rings is 1. The average molecular weight is 289 g/mol. The van der Waals surface area contributed by atoms with Gasteiger partial charge in [0.05, 0.1) is 30.2 Å². The Kier molecular flexibility index (Phi) is 4.73. The molecule has 0 saturated carbocycles. The van der Waals surface area contributed by atoms with Crippen LogP contribution in [0.25, 0.3) is 0 Å². The first-order valence-corrected chi connectivity index (χ1v) is 7.09. The molecule has 0 aliphatic heterocycles. The van der Waals surface area contributed by atoms with Crippen molar-refractivity contribution in [3.63, 3.8) is 0 Å². The number of para-hydroxylation sites is 2. The van der Waals surface area contributed by atoms with Gasteiger partial charge >= 0.3 is 0 Å². The molecule has 2 aromatic rings. The van der Waals surface area contributed by atoms with Crippen molar-refractivity contribution in [2.24, 2.45) is 7.05 Å². The average Bonchev–Trinajstić information content (AvgIpc) is 2.70. The van der Waals surface area contributed by atoms with Gasteiger partial charge in [-0.05, 0) is 32.9 Å². The van der Waals surface area contributed by atoms with Crippen molar-refractivity contribution in [3.8, 4) is 11.6 Å². The van der Waals surface area contributed by atoms with Crippen molar-refractivity contribution in [1.29, 1.82) is 0 Å². The van der Waals surface area contributed by atoms with Gasteiger partial charge in [-0.1, -0.05) is 12.1 Å². The van der Waals surface area contributed by atoms with Crippen LogP contribution in [-0.2, 0) is 13.6 Å². The highest BCUT2D eigenvalue weighted by atomic mass is 16.5. The predicted octanol–water partition coefficient (Wildman–Crippen LogP) is 3.14. The van der Waals surface area contributed by atoms with Gasteiger partial charge in [-0.3, -0.25) is 0 Å². The highest BCUT2D eigenvalue weighted by Crippen LogP contribution is 2.27. The van der Waals surface area contributed by atoms with Crippen molar-refractivity contribution in [2.45, 2.75) is 33.4 Å². The first kappa shape index (κ1) is 15.2. The van der Waals surface area contributed by atoms with Gasteiger partial charge in [0.15, 0.2) is 0 Å². The van der Waals surface area contributed by atoms with Gasteiger partial charge in [-0.2, -0.15) is 5.10 Å². The highest BCUT2D eigenvalue weighted by molar-refractivity contribution is 5.56. The van der Waals surface area contributed by atoms with Crippen molar-refractivity contribution in [2.75, 3.05) is 12.4 Å². The number of aromatic nitrogens is 2. The Morgan fingerprint density at radius 1 is 1.29 bits per heavy atom. The second-order valence-electron chi connectivity index (χ2n) is 5.21. The number of nitrogens with zero attached hydrogens (tertiary/aromatic N) is 2. The van der Waals surface area contributed by atoms with Crippen LogP contribution in [0.15, 0.2) is 24.3 Å². The highest BCUT2D eigenvalue weighted by Gasteiger charge is 2.14. The minimum atomic E-state index is 0.141. The second-order valence-corrected chi connectivity index (χ2v) is 5.21. The van der Waals surface area contributed by atoms with Crippen LogP contribution in [0, 0.1) is 6.92 Å². The Morgan fingerprint density at radius 2 is 2.00 bits per heavy atom. The number of aryl methyl sites for hydroxylation is 2. The Labute approximate surface area is 125 Å². The van der Waals surface area contributed by atoms with Crippen LogP contribution >= 0.6 is 0 Å². The van der Waals surface area contributed by atoms with E-state index < -0.39 is 0 Å². The summed E-state index contributed by atoms with van der Waals surface area (Å²) in [6.07, 6.45) is 0.141. The summed E-state index contributed by atoms with van der Waals surface area (Å²) in [5, 5.41) is 7.79. The van der Waals surface area contributed by atoms with Gasteiger partial charge in [0.25, 0.3) is 0 Å². The quantitative estimate of drug-likeness (QED) is 0.887. The smallest absolute Gasteiger partial charge is 0.216 e. The molecule has 0 aliphatic rings. The fourth-order valence-corrected chi connectivity index (χ4v) is 2.29. The number of hydrogen-bond donors (Lipinski definition) is 1. The molecule has 0 unspecified atom stereocenters. The van der Waals surface area contributed by atoms with Crippen LogP contribution < -0.4 is 14.8 Å². The molecule has 0 saturated heterocycles. The van der Waals surface area contributed by atoms with Crippen molar-refractivity contribution in [1.82, 2.24) is 9.78 Å². The molecule has 0 radical (unpaired) electrons. The number of anilines is 1. The van der Waals surface area contributed by atoms with Gasteiger partial charge in [0.2, 0.25) is 5.88 Å². The third-order valence-corrected chi connectivity index (χ3v) is 3.19. The lowest BCUT2D eigenvalue weighted by Gasteiger charge is -2.15. The fraction of sp³-hybridized carbons (Fsp3) is 0.438. The Balaban J connectivity index is 2.17. The summed E-state index contributed by atoms with van der Waals surface area (Å²) in [6.45, 7) is 6.66. The van der Waals surface area contributed by atoms with Crippen LogP contribution in [0.2, 0.25) is 0 Å². The van der Waals surface area contributed by atoms with Crippen molar-refractivity contribution < 1.29 is 9.47 Å². The zero-order valence-corrected chi connectivity index (χ0v) is 13.3. The summed E-state index contributed by atoms with van der Waals surface area (Å²) < 4.78 is 13.0. The van der Waals surface area contributed by atoms with Gasteiger partial charge in [0, 0.05) is 13.6 Å². The molecular weight excluding hydrogens is 266 g/mol. The number of rotatable bonds is 6. The van der Waals surface area contributed by atoms with E-state index in [2.05, 4.69) is 10.4 Å². The third kappa shape index (κ3) is 3.48. The lowest BCUT2D eigenvalue weighted by molar-refractivity contribution is 0.243. The Morgan fingerprint density at radius 3 is 2.67 bits per heavy atom. The lowest BCUT2D eigenvalue weighted by atomic mass is 10.2. The predicted molar refractivity (Wildman–Crippen MR) is 84.0 cm³/mol. The van der Waals surface area contributed by atoms with Crippen LogP contribution in [0.3, 0.4) is 0 Å². The van der Waals surface area contributed by atoms with E-state index in [0.29, 0.717) is 6.54 Å². The van der Waals surface area contributed by atoms with Gasteiger partial charge in [-0.15, -0.1) is 0 Å². The molecule has 0 amide bonds. The zero-order chi connectivity index (χ0) is 15.4. The summed E-state index contributed by atoms with van der Waals surface area (Å²) in [5.74, 6) is 1.63. The zero-order valence-electron chi connectivity index (χ0n) is 13.3. The standard InChI is InChI=1S/C16H23N3O2/c1-11(2)21-15-9-7-6-8-14(15)17-10-13-12(3)18-19(4)16(13)20-5/h6-9,11,17H,10H2,1-5H3. The van der Waals surface area contributed by atoms with Crippen LogP contribution in [-0.4, -0.2) is 23.0 Å². The van der Waals surface area contributed by atoms with Gasteiger partial charge in [0.1, 0.15) is 5.75 Å². The summed E-state index contributed by atoms with van der Waals surface area (Å²) in [5.41, 5.74) is 2.99. The molecule has 0 spiro atoms. The lowest BCUT2D eigenvalue weighted by Crippen LogP contribution is -2.09. The molecule has 2 rings (SSSR count). The Hall–Kier alpha value is -2.17. The molecule has 1 heterocycles. The SMILES string of the molecule is COc1c(CNc2ccccc2OC(C)C)c(C)nn1C. The van der Waals surface area contributed by atoms with E-state index >= 15 is 0 Å². The fourth-order valence-electron chi connectivity index (χ4n) is 2.29.